The second kappa shape index (κ2) is 5.59. The highest BCUT2D eigenvalue weighted by atomic mass is 35.5. The summed E-state index contributed by atoms with van der Waals surface area (Å²) in [5.41, 5.74) is 5.53. The van der Waals surface area contributed by atoms with Crippen molar-refractivity contribution in [1.29, 1.82) is 0 Å². The molecule has 0 radical (unpaired) electrons. The number of ketones is 1. The van der Waals surface area contributed by atoms with Gasteiger partial charge in [-0.1, -0.05) is 24.3 Å². The maximum absolute atomic E-state index is 11.1. The largest absolute Gasteiger partial charge is 0.289 e. The zero-order valence-corrected chi connectivity index (χ0v) is 12.4. The predicted molar refractivity (Wildman–Crippen MR) is 80.7 cm³/mol. The summed E-state index contributed by atoms with van der Waals surface area (Å²) in [7, 11) is 0. The first-order chi connectivity index (χ1) is 9.41. The highest BCUT2D eigenvalue weighted by Gasteiger charge is 2.24. The summed E-state index contributed by atoms with van der Waals surface area (Å²) in [4.78, 5) is 21.7. The topological polar surface area (TPSA) is 34.1 Å². The highest BCUT2D eigenvalue weighted by molar-refractivity contribution is 6.67. The Morgan fingerprint density at radius 3 is 1.80 bits per heavy atom. The molecule has 0 fully saturated rings. The number of fused-ring (bicyclic) bond motifs is 2. The van der Waals surface area contributed by atoms with E-state index in [0.717, 1.165) is 27.8 Å². The Hall–Kier alpha value is -1.93. The summed E-state index contributed by atoms with van der Waals surface area (Å²) in [6, 6.07) is 11.3. The van der Waals surface area contributed by atoms with Gasteiger partial charge in [-0.05, 0) is 61.2 Å². The molecule has 0 spiro atoms. The Bertz CT molecular complexity index is 675. The van der Waals surface area contributed by atoms with Crippen LogP contribution in [0.2, 0.25) is 0 Å². The zero-order valence-electron chi connectivity index (χ0n) is 11.7. The Labute approximate surface area is 123 Å². The minimum absolute atomic E-state index is 0.234. The van der Waals surface area contributed by atoms with Crippen LogP contribution in [0, 0.1) is 20.8 Å². The standard InChI is InChI=1S/C9H8O.C8H7ClO/c1-5-3-6(2)8-4-7(5)9(8)10;1-6-4-2-3-5-7(6)8(9)10/h3-4H,1-2H3;2-5H,1H3. The summed E-state index contributed by atoms with van der Waals surface area (Å²) < 4.78 is 0. The monoisotopic (exact) mass is 286 g/mol. The lowest BCUT2D eigenvalue weighted by Crippen LogP contribution is -2.16. The number of hydrogen-bond donors (Lipinski definition) is 0. The van der Waals surface area contributed by atoms with Gasteiger partial charge in [0.2, 0.25) is 0 Å². The first kappa shape index (κ1) is 14.5. The van der Waals surface area contributed by atoms with Crippen molar-refractivity contribution in [3.8, 4) is 0 Å². The second-order valence-electron chi connectivity index (χ2n) is 4.90. The molecule has 102 valence electrons. The molecule has 0 amide bonds. The van der Waals surface area contributed by atoms with Gasteiger partial charge in [0.25, 0.3) is 5.24 Å². The fourth-order valence-electron chi connectivity index (χ4n) is 2.20. The van der Waals surface area contributed by atoms with Crippen LogP contribution in [0.3, 0.4) is 0 Å². The number of rotatable bonds is 1. The number of hydrogen-bond acceptors (Lipinski definition) is 2. The summed E-state index contributed by atoms with van der Waals surface area (Å²) in [6.07, 6.45) is 0. The Balaban J connectivity index is 0.000000147. The maximum Gasteiger partial charge on any atom is 0.252 e. The van der Waals surface area contributed by atoms with Crippen LogP contribution in [0.4, 0.5) is 0 Å². The lowest BCUT2D eigenvalue weighted by molar-refractivity contribution is 0.102. The molecule has 0 heterocycles. The van der Waals surface area contributed by atoms with Crippen molar-refractivity contribution < 1.29 is 9.59 Å². The average Bonchev–Trinajstić information content (AvgIpc) is 2.37. The summed E-state index contributed by atoms with van der Waals surface area (Å²) in [5.74, 6) is 0.234. The Morgan fingerprint density at radius 1 is 0.900 bits per heavy atom. The molecule has 0 aliphatic heterocycles. The van der Waals surface area contributed by atoms with E-state index in [-0.39, 0.29) is 5.78 Å². The lowest BCUT2D eigenvalue weighted by Gasteiger charge is -2.18. The van der Waals surface area contributed by atoms with Crippen LogP contribution in [-0.2, 0) is 0 Å². The lowest BCUT2D eigenvalue weighted by atomic mass is 9.84. The van der Waals surface area contributed by atoms with Gasteiger partial charge < -0.3 is 0 Å². The van der Waals surface area contributed by atoms with Gasteiger partial charge in [-0.15, -0.1) is 0 Å². The van der Waals surface area contributed by atoms with E-state index in [1.165, 1.54) is 0 Å². The van der Waals surface area contributed by atoms with Gasteiger partial charge in [0.1, 0.15) is 0 Å². The van der Waals surface area contributed by atoms with Gasteiger partial charge in [0.15, 0.2) is 5.78 Å². The molecule has 4 rings (SSSR count). The third-order valence-corrected chi connectivity index (χ3v) is 3.62. The Morgan fingerprint density at radius 2 is 1.45 bits per heavy atom. The second-order valence-corrected chi connectivity index (χ2v) is 5.24. The van der Waals surface area contributed by atoms with E-state index in [1.54, 1.807) is 12.1 Å². The number of carbonyl (C=O) groups is 2. The molecule has 0 saturated heterocycles. The van der Waals surface area contributed by atoms with Crippen molar-refractivity contribution in [3.63, 3.8) is 0 Å². The number of aryl methyl sites for hydroxylation is 3. The molecular weight excluding hydrogens is 272 g/mol. The molecule has 2 bridgehead atoms. The van der Waals surface area contributed by atoms with Crippen molar-refractivity contribution in [2.45, 2.75) is 20.8 Å². The van der Waals surface area contributed by atoms with Crippen LogP contribution in [-0.4, -0.2) is 11.0 Å². The van der Waals surface area contributed by atoms with Crippen LogP contribution in [0.15, 0.2) is 36.4 Å². The van der Waals surface area contributed by atoms with E-state index in [0.29, 0.717) is 5.56 Å². The Kier molecular flexibility index (Phi) is 4.05. The van der Waals surface area contributed by atoms with Crippen molar-refractivity contribution in [1.82, 2.24) is 0 Å². The number of carbonyl (C=O) groups excluding carboxylic acids is 2. The first-order valence-corrected chi connectivity index (χ1v) is 6.71. The molecule has 20 heavy (non-hydrogen) atoms. The van der Waals surface area contributed by atoms with Crippen LogP contribution in [0.1, 0.15) is 43.0 Å². The summed E-state index contributed by atoms with van der Waals surface area (Å²) in [5, 5.41) is -0.391. The minimum Gasteiger partial charge on any atom is -0.289 e. The maximum atomic E-state index is 11.1. The van der Waals surface area contributed by atoms with E-state index in [9.17, 15) is 9.59 Å². The van der Waals surface area contributed by atoms with E-state index in [4.69, 9.17) is 11.6 Å². The highest BCUT2D eigenvalue weighted by Crippen LogP contribution is 2.28. The first-order valence-electron chi connectivity index (χ1n) is 6.33. The van der Waals surface area contributed by atoms with Crippen molar-refractivity contribution in [2.75, 3.05) is 0 Å². The van der Waals surface area contributed by atoms with Gasteiger partial charge in [0, 0.05) is 16.7 Å². The molecule has 2 aliphatic carbocycles. The van der Waals surface area contributed by atoms with Crippen LogP contribution >= 0.6 is 11.6 Å². The molecular formula is C17H15ClO2. The normalized spacial score (nSPS) is 11.3. The smallest absolute Gasteiger partial charge is 0.252 e. The number of halogens is 1. The van der Waals surface area contributed by atoms with Crippen molar-refractivity contribution >= 4 is 22.6 Å². The van der Waals surface area contributed by atoms with E-state index in [1.807, 2.05) is 39.0 Å². The quantitative estimate of drug-likeness (QED) is 0.628. The van der Waals surface area contributed by atoms with E-state index in [2.05, 4.69) is 6.07 Å². The molecule has 2 aliphatic rings. The third-order valence-electron chi connectivity index (χ3n) is 3.42. The van der Waals surface area contributed by atoms with E-state index < -0.39 is 5.24 Å². The van der Waals surface area contributed by atoms with E-state index >= 15 is 0 Å². The fourth-order valence-corrected chi connectivity index (χ4v) is 2.41. The van der Waals surface area contributed by atoms with Gasteiger partial charge in [-0.25, -0.2) is 0 Å². The van der Waals surface area contributed by atoms with Crippen LogP contribution in [0.5, 0.6) is 0 Å². The fraction of sp³-hybridized carbons (Fsp3) is 0.176. The predicted octanol–water partition coefficient (Wildman–Crippen LogP) is 4.22. The average molecular weight is 287 g/mol. The molecule has 2 aromatic rings. The molecule has 2 nitrogen and oxygen atoms in total. The van der Waals surface area contributed by atoms with Crippen molar-refractivity contribution in [3.05, 3.63) is 69.8 Å². The van der Waals surface area contributed by atoms with Crippen LogP contribution in [0.25, 0.3) is 0 Å². The van der Waals surface area contributed by atoms with Crippen molar-refractivity contribution in [2.24, 2.45) is 0 Å². The molecule has 0 N–H and O–H groups in total. The molecule has 0 atom stereocenters. The zero-order chi connectivity index (χ0) is 14.9. The molecule has 0 unspecified atom stereocenters. The van der Waals surface area contributed by atoms with Gasteiger partial charge >= 0.3 is 0 Å². The molecule has 0 saturated carbocycles. The SMILES string of the molecule is Cc1cc(C)c2cc1C2=O.Cc1ccccc1C(=O)Cl. The third kappa shape index (κ3) is 2.66. The summed E-state index contributed by atoms with van der Waals surface area (Å²) in [6.45, 7) is 5.81. The van der Waals surface area contributed by atoms with Gasteiger partial charge in [0.05, 0.1) is 0 Å². The van der Waals surface area contributed by atoms with Gasteiger partial charge in [-0.2, -0.15) is 0 Å². The molecule has 2 aromatic carbocycles. The van der Waals surface area contributed by atoms with Gasteiger partial charge in [-0.3, -0.25) is 9.59 Å². The van der Waals surface area contributed by atoms with Crippen LogP contribution < -0.4 is 0 Å². The summed E-state index contributed by atoms with van der Waals surface area (Å²) >= 11 is 5.27. The minimum atomic E-state index is -0.391. The number of benzene rings is 2. The molecule has 0 aromatic heterocycles. The molecule has 3 heteroatoms.